The van der Waals surface area contributed by atoms with Crippen LogP contribution >= 0.6 is 0 Å². The number of aromatic nitrogens is 1. The third kappa shape index (κ3) is 5.78. The lowest BCUT2D eigenvalue weighted by Gasteiger charge is -2.49. The minimum atomic E-state index is -1.47. The molecule has 7 rings (SSSR count). The Kier molecular flexibility index (Phi) is 8.98. The summed E-state index contributed by atoms with van der Waals surface area (Å²) in [7, 11) is 2.47. The predicted molar refractivity (Wildman–Crippen MR) is 193 cm³/mol. The maximum absolute atomic E-state index is 15.0. The number of piperazine rings is 1. The first kappa shape index (κ1) is 33.3. The van der Waals surface area contributed by atoms with E-state index >= 15 is 4.79 Å². The van der Waals surface area contributed by atoms with Crippen molar-refractivity contribution in [2.45, 2.75) is 108 Å². The molecule has 8 nitrogen and oxygen atoms in total. The minimum Gasteiger partial charge on any atom is -0.497 e. The molecule has 1 spiro atoms. The summed E-state index contributed by atoms with van der Waals surface area (Å²) < 4.78 is 23.4. The molecular weight excluding hydrogens is 621 g/mol. The number of nitrogens with zero attached hydrogens (tertiary/aromatic N) is 3. The van der Waals surface area contributed by atoms with Gasteiger partial charge >= 0.3 is 0 Å². The molecule has 9 heteroatoms. The van der Waals surface area contributed by atoms with Crippen LogP contribution in [-0.2, 0) is 28.7 Å². The number of methoxy groups -OCH3 is 1. The van der Waals surface area contributed by atoms with Gasteiger partial charge in [0.2, 0.25) is 5.91 Å². The zero-order valence-electron chi connectivity index (χ0n) is 29.4. The highest BCUT2D eigenvalue weighted by atomic mass is 32.2. The number of nitrogens with one attached hydrogen (secondary N) is 1. The first-order chi connectivity index (χ1) is 23.0. The number of carbonyl (C=O) groups is 2. The summed E-state index contributed by atoms with van der Waals surface area (Å²) in [6, 6.07) is 12.3. The van der Waals surface area contributed by atoms with Gasteiger partial charge in [-0.2, -0.15) is 0 Å². The smallest absolute Gasteiger partial charge is 0.263 e. The molecule has 0 bridgehead atoms. The average molecular weight is 673 g/mol. The lowest BCUT2D eigenvalue weighted by atomic mass is 9.79. The van der Waals surface area contributed by atoms with Crippen LogP contribution in [0.4, 0.5) is 0 Å². The minimum absolute atomic E-state index is 0.0773. The Morgan fingerprint density at radius 2 is 1.73 bits per heavy atom. The molecule has 0 radical (unpaired) electrons. The second-order valence-corrected chi connectivity index (χ2v) is 17.3. The molecule has 2 unspecified atom stereocenters. The van der Waals surface area contributed by atoms with Crippen molar-refractivity contribution in [3.05, 3.63) is 53.1 Å². The van der Waals surface area contributed by atoms with Crippen molar-refractivity contribution < 1.29 is 18.5 Å². The van der Waals surface area contributed by atoms with Gasteiger partial charge in [-0.05, 0) is 107 Å². The number of benzene rings is 2. The SMILES string of the molecule is COc1ccc2c(c1)CC(C)(C(=O)N1CCN(C)C3(CCCC3)C1)Cn1c-2c(C2CCCCC2)c2ccc(C(=O)NS(=O)C(C)C)cc21. The Labute approximate surface area is 288 Å². The summed E-state index contributed by atoms with van der Waals surface area (Å²) in [5, 5.41) is 0.972. The van der Waals surface area contributed by atoms with E-state index in [4.69, 9.17) is 4.74 Å². The van der Waals surface area contributed by atoms with Crippen LogP contribution < -0.4 is 9.46 Å². The van der Waals surface area contributed by atoms with Crippen LogP contribution in [0.5, 0.6) is 5.75 Å². The number of ether oxygens (including phenoxy) is 1. The predicted octanol–water partition coefficient (Wildman–Crippen LogP) is 6.82. The van der Waals surface area contributed by atoms with Gasteiger partial charge in [-0.15, -0.1) is 0 Å². The van der Waals surface area contributed by atoms with Crippen LogP contribution in [0.2, 0.25) is 0 Å². The average Bonchev–Trinajstić information content (AvgIpc) is 3.65. The van der Waals surface area contributed by atoms with Crippen molar-refractivity contribution in [1.29, 1.82) is 0 Å². The lowest BCUT2D eigenvalue weighted by Crippen LogP contribution is -2.62. The van der Waals surface area contributed by atoms with Gasteiger partial charge in [0.05, 0.1) is 18.2 Å². The van der Waals surface area contributed by atoms with E-state index in [9.17, 15) is 9.00 Å². The number of amides is 2. The van der Waals surface area contributed by atoms with Crippen LogP contribution in [0.25, 0.3) is 22.2 Å². The summed E-state index contributed by atoms with van der Waals surface area (Å²) in [5.74, 6) is 1.08. The maximum Gasteiger partial charge on any atom is 0.263 e. The molecule has 1 aromatic heterocycles. The van der Waals surface area contributed by atoms with Gasteiger partial charge in [0.25, 0.3) is 5.91 Å². The van der Waals surface area contributed by atoms with Crippen molar-refractivity contribution in [2.75, 3.05) is 33.8 Å². The standard InChI is InChI=1S/C39H52N4O4S/c1-26(2)48(46)40-36(44)28-13-15-32-33(22-28)43-24-38(3,37(45)42-20-19-41(4)39(25-42)17-9-10-18-39)23-29-21-30(47-5)14-16-31(29)35(43)34(32)27-11-7-6-8-12-27/h13-16,21-22,26-27H,6-12,17-20,23-25H2,1-5H3,(H,40,44). The van der Waals surface area contributed by atoms with Crippen molar-refractivity contribution in [3.8, 4) is 17.0 Å². The van der Waals surface area contributed by atoms with Gasteiger partial charge < -0.3 is 14.2 Å². The van der Waals surface area contributed by atoms with Gasteiger partial charge in [-0.25, -0.2) is 4.21 Å². The number of likely N-dealkylation sites (N-methyl/N-ethyl adjacent to an activating group) is 1. The van der Waals surface area contributed by atoms with E-state index in [1.807, 2.05) is 32.0 Å². The Hall–Kier alpha value is -3.17. The second-order valence-electron chi connectivity index (χ2n) is 15.5. The third-order valence-corrected chi connectivity index (χ3v) is 13.2. The number of hydrogen-bond donors (Lipinski definition) is 1. The normalized spacial score (nSPS) is 23.6. The summed E-state index contributed by atoms with van der Waals surface area (Å²) in [6.07, 6.45) is 11.3. The highest BCUT2D eigenvalue weighted by Crippen LogP contribution is 2.49. The Morgan fingerprint density at radius 1 is 0.979 bits per heavy atom. The lowest BCUT2D eigenvalue weighted by molar-refractivity contribution is -0.147. The molecule has 2 atom stereocenters. The van der Waals surface area contributed by atoms with Crippen LogP contribution in [0.15, 0.2) is 36.4 Å². The molecule has 2 aliphatic heterocycles. The molecule has 4 aliphatic rings. The maximum atomic E-state index is 15.0. The fraction of sp³-hybridized carbons (Fsp3) is 0.590. The molecule has 3 fully saturated rings. The van der Waals surface area contributed by atoms with Crippen molar-refractivity contribution >= 4 is 33.7 Å². The molecule has 2 aliphatic carbocycles. The molecule has 1 saturated heterocycles. The van der Waals surface area contributed by atoms with E-state index in [1.54, 1.807) is 7.11 Å². The molecule has 258 valence electrons. The highest BCUT2D eigenvalue weighted by Gasteiger charge is 2.48. The Bertz CT molecular complexity index is 1750. The largest absolute Gasteiger partial charge is 0.497 e. The summed E-state index contributed by atoms with van der Waals surface area (Å²) in [6.45, 7) is 8.76. The number of rotatable bonds is 6. The molecular formula is C39H52N4O4S. The zero-order chi connectivity index (χ0) is 33.8. The second kappa shape index (κ2) is 12.9. The summed E-state index contributed by atoms with van der Waals surface area (Å²) in [4.78, 5) is 33.1. The van der Waals surface area contributed by atoms with Gasteiger partial charge in [-0.1, -0.05) is 38.2 Å². The first-order valence-corrected chi connectivity index (χ1v) is 19.3. The zero-order valence-corrected chi connectivity index (χ0v) is 30.2. The van der Waals surface area contributed by atoms with Crippen LogP contribution in [0.1, 0.15) is 106 Å². The van der Waals surface area contributed by atoms with Gasteiger partial charge in [0, 0.05) is 59.0 Å². The number of carbonyl (C=O) groups excluding carboxylic acids is 2. The summed E-state index contributed by atoms with van der Waals surface area (Å²) in [5.41, 5.74) is 5.64. The highest BCUT2D eigenvalue weighted by molar-refractivity contribution is 7.84. The quantitative estimate of drug-likeness (QED) is 0.311. The number of hydrogen-bond acceptors (Lipinski definition) is 5. The molecule has 2 aromatic carbocycles. The van der Waals surface area contributed by atoms with E-state index in [2.05, 4.69) is 51.3 Å². The van der Waals surface area contributed by atoms with Crippen molar-refractivity contribution in [2.24, 2.45) is 5.41 Å². The molecule has 2 saturated carbocycles. The fourth-order valence-corrected chi connectivity index (χ4v) is 9.81. The molecule has 2 amide bonds. The van der Waals surface area contributed by atoms with E-state index < -0.39 is 16.4 Å². The third-order valence-electron chi connectivity index (χ3n) is 12.0. The molecule has 48 heavy (non-hydrogen) atoms. The Morgan fingerprint density at radius 3 is 2.44 bits per heavy atom. The number of fused-ring (bicyclic) bond motifs is 5. The monoisotopic (exact) mass is 672 g/mol. The molecule has 3 aromatic rings. The van der Waals surface area contributed by atoms with E-state index in [0.717, 1.165) is 73.1 Å². The molecule has 3 heterocycles. The van der Waals surface area contributed by atoms with Crippen LogP contribution in [0, 0.1) is 5.41 Å². The van der Waals surface area contributed by atoms with E-state index in [0.29, 0.717) is 24.4 Å². The fourth-order valence-electron chi connectivity index (χ4n) is 9.28. The van der Waals surface area contributed by atoms with E-state index in [1.165, 1.54) is 43.4 Å². The first-order valence-electron chi connectivity index (χ1n) is 18.1. The van der Waals surface area contributed by atoms with Crippen LogP contribution in [-0.4, -0.2) is 75.0 Å². The van der Waals surface area contributed by atoms with Crippen molar-refractivity contribution in [1.82, 2.24) is 19.1 Å². The topological polar surface area (TPSA) is 83.9 Å². The van der Waals surface area contributed by atoms with Gasteiger partial charge in [0.15, 0.2) is 0 Å². The van der Waals surface area contributed by atoms with Gasteiger partial charge in [0.1, 0.15) is 16.7 Å². The van der Waals surface area contributed by atoms with E-state index in [-0.39, 0.29) is 22.6 Å². The van der Waals surface area contributed by atoms with Crippen molar-refractivity contribution in [3.63, 3.8) is 0 Å². The molecule has 1 N–H and O–H groups in total. The summed E-state index contributed by atoms with van der Waals surface area (Å²) >= 11 is 0. The van der Waals surface area contributed by atoms with Gasteiger partial charge in [-0.3, -0.25) is 19.2 Å². The van der Waals surface area contributed by atoms with Crippen LogP contribution in [0.3, 0.4) is 0 Å². The Balaban J connectivity index is 1.39.